The van der Waals surface area contributed by atoms with E-state index < -0.39 is 95.4 Å². The van der Waals surface area contributed by atoms with Crippen LogP contribution in [0.25, 0.3) is 0 Å². The highest BCUT2D eigenvalue weighted by molar-refractivity contribution is 7.61. The number of aromatic nitrogens is 2. The smallest absolute Gasteiger partial charge is 0.394 e. The van der Waals surface area contributed by atoms with Crippen molar-refractivity contribution in [3.05, 3.63) is 33.1 Å². The van der Waals surface area contributed by atoms with Gasteiger partial charge in [0.25, 0.3) is 5.56 Å². The number of ether oxygens (including phenoxy) is 2. The van der Waals surface area contributed by atoms with Crippen molar-refractivity contribution in [2.24, 2.45) is 0 Å². The highest BCUT2D eigenvalue weighted by atomic mass is 31.3. The molecule has 9 N–H and O–H groups in total. The molecule has 2 saturated heterocycles. The van der Waals surface area contributed by atoms with Crippen LogP contribution in [0.4, 0.5) is 0 Å². The van der Waals surface area contributed by atoms with Crippen LogP contribution in [0.2, 0.25) is 0 Å². The normalized spacial score (nSPS) is 38.4. The Bertz CT molecular complexity index is 1120. The molecule has 0 aromatic carbocycles. The minimum Gasteiger partial charge on any atom is -0.394 e. The first-order valence-electron chi connectivity index (χ1n) is 9.99. The van der Waals surface area contributed by atoms with Crippen LogP contribution >= 0.6 is 15.6 Å². The zero-order chi connectivity index (χ0) is 27.0. The second-order valence-electron chi connectivity index (χ2n) is 7.68. The van der Waals surface area contributed by atoms with Crippen molar-refractivity contribution in [1.29, 1.82) is 0 Å². The molecule has 0 bridgehead atoms. The molecule has 11 atom stereocenters. The highest BCUT2D eigenvalue weighted by Crippen LogP contribution is 2.61. The van der Waals surface area contributed by atoms with Gasteiger partial charge in [-0.25, -0.2) is 13.9 Å². The average Bonchev–Trinajstić information content (AvgIpc) is 3.06. The third kappa shape index (κ3) is 6.54. The number of phosphoric acid groups is 2. The van der Waals surface area contributed by atoms with E-state index in [-0.39, 0.29) is 0 Å². The molecule has 206 valence electrons. The molecule has 1 aromatic rings. The fourth-order valence-electron chi connectivity index (χ4n) is 3.35. The van der Waals surface area contributed by atoms with Crippen LogP contribution in [-0.4, -0.2) is 112 Å². The van der Waals surface area contributed by atoms with E-state index in [2.05, 4.69) is 13.4 Å². The van der Waals surface area contributed by atoms with Crippen LogP contribution in [0.5, 0.6) is 0 Å². The number of rotatable bonds is 9. The van der Waals surface area contributed by atoms with Crippen molar-refractivity contribution in [2.45, 2.75) is 55.2 Å². The summed E-state index contributed by atoms with van der Waals surface area (Å²) in [5.74, 6) is 0. The maximum Gasteiger partial charge on any atom is 0.483 e. The minimum atomic E-state index is -5.59. The van der Waals surface area contributed by atoms with Crippen LogP contribution in [0.15, 0.2) is 21.9 Å². The zero-order valence-corrected chi connectivity index (χ0v) is 19.6. The largest absolute Gasteiger partial charge is 0.483 e. The molecule has 1 aromatic heterocycles. The number of nitrogens with zero attached hydrogens (tertiary/aromatic N) is 1. The maximum absolute atomic E-state index is 12.2. The molecule has 3 rings (SSSR count). The van der Waals surface area contributed by atoms with Gasteiger partial charge in [0.15, 0.2) is 12.5 Å². The number of aliphatic hydroxyl groups excluding tert-OH is 6. The third-order valence-electron chi connectivity index (χ3n) is 5.16. The Hall–Kier alpha value is -1.38. The number of H-pyrrole nitrogens is 1. The number of hydrogen-bond donors (Lipinski definition) is 9. The van der Waals surface area contributed by atoms with Crippen LogP contribution in [-0.2, 0) is 32.0 Å². The van der Waals surface area contributed by atoms with Crippen LogP contribution in [0, 0.1) is 0 Å². The molecule has 0 radical (unpaired) electrons. The predicted octanol–water partition coefficient (Wildman–Crippen LogP) is -4.79. The summed E-state index contributed by atoms with van der Waals surface area (Å²) in [5, 5.41) is 58.6. The van der Waals surface area contributed by atoms with Gasteiger partial charge in [0, 0.05) is 12.3 Å². The molecular weight excluding hydrogens is 554 g/mol. The van der Waals surface area contributed by atoms with Crippen molar-refractivity contribution < 1.29 is 72.4 Å². The van der Waals surface area contributed by atoms with Crippen LogP contribution in [0.3, 0.4) is 0 Å². The topological polar surface area (TPSA) is 297 Å². The zero-order valence-electron chi connectivity index (χ0n) is 17.9. The van der Waals surface area contributed by atoms with E-state index in [4.69, 9.17) is 14.6 Å². The van der Waals surface area contributed by atoms with E-state index in [0.29, 0.717) is 0 Å². The molecule has 36 heavy (non-hydrogen) atoms. The minimum absolute atomic E-state index is 0.723. The van der Waals surface area contributed by atoms with E-state index in [9.17, 15) is 54.0 Å². The Balaban J connectivity index is 1.61. The van der Waals surface area contributed by atoms with Gasteiger partial charge in [-0.3, -0.25) is 23.4 Å². The molecule has 19 nitrogen and oxygen atoms in total. The highest BCUT2D eigenvalue weighted by Gasteiger charge is 2.49. The molecule has 0 aliphatic carbocycles. The lowest BCUT2D eigenvalue weighted by Gasteiger charge is -2.39. The predicted molar refractivity (Wildman–Crippen MR) is 109 cm³/mol. The SMILES string of the molecule is O=c1ccn([C@@H]2O[C@H](COP(=O)(O)OP(=O)(O)O[14C@H]3O[14C@H]([14CH2]O)[14C@@H](O)[14C@H](O)[14C@H]3O)[C@@H](O)[C@H]2O)c(=O)[nH]1. The third-order valence-corrected chi connectivity index (χ3v) is 7.76. The lowest BCUT2D eigenvalue weighted by molar-refractivity contribution is -0.280. The van der Waals surface area contributed by atoms with Gasteiger partial charge < -0.3 is 49.9 Å². The number of aromatic amines is 1. The van der Waals surface area contributed by atoms with E-state index in [1.54, 1.807) is 0 Å². The summed E-state index contributed by atoms with van der Waals surface area (Å²) < 4.78 is 48.1. The van der Waals surface area contributed by atoms with Gasteiger partial charge >= 0.3 is 21.3 Å². The van der Waals surface area contributed by atoms with E-state index in [1.807, 2.05) is 4.98 Å². The van der Waals surface area contributed by atoms with Gasteiger partial charge in [0.05, 0.1) is 13.2 Å². The lowest BCUT2D eigenvalue weighted by atomic mass is 10.1. The lowest BCUT2D eigenvalue weighted by Crippen LogP contribution is -2.58. The molecule has 0 amide bonds. The van der Waals surface area contributed by atoms with Crippen LogP contribution < -0.4 is 11.2 Å². The Morgan fingerprint density at radius 1 is 1.08 bits per heavy atom. The summed E-state index contributed by atoms with van der Waals surface area (Å²) in [6, 6.07) is 0.928. The summed E-state index contributed by atoms with van der Waals surface area (Å²) >= 11 is 0. The summed E-state index contributed by atoms with van der Waals surface area (Å²) in [6.45, 7) is -1.93. The molecule has 2 aliphatic heterocycles. The van der Waals surface area contributed by atoms with Gasteiger partial charge in [0.1, 0.15) is 42.7 Å². The number of nitrogens with one attached hydrogen (secondary N) is 1. The number of phosphoric ester groups is 2. The van der Waals surface area contributed by atoms with E-state index >= 15 is 0 Å². The van der Waals surface area contributed by atoms with E-state index in [0.717, 1.165) is 16.8 Å². The molecule has 21 heteroatoms. The Morgan fingerprint density at radius 3 is 2.36 bits per heavy atom. The first-order chi connectivity index (χ1) is 16.7. The van der Waals surface area contributed by atoms with Crippen molar-refractivity contribution >= 4 is 15.6 Å². The maximum atomic E-state index is 12.2. The monoisotopic (exact) mass is 578 g/mol. The van der Waals surface area contributed by atoms with E-state index in [1.165, 1.54) is 0 Å². The van der Waals surface area contributed by atoms with Crippen LogP contribution in [0.1, 0.15) is 6.23 Å². The molecule has 3 heterocycles. The van der Waals surface area contributed by atoms with Gasteiger partial charge in [-0.05, 0) is 0 Å². The van der Waals surface area contributed by atoms with Gasteiger partial charge in [-0.15, -0.1) is 0 Å². The second-order valence-corrected chi connectivity index (χ2v) is 10.7. The van der Waals surface area contributed by atoms with Gasteiger partial charge in [0.2, 0.25) is 0 Å². The Kier molecular flexibility index (Phi) is 9.05. The summed E-state index contributed by atoms with van der Waals surface area (Å²) in [5.41, 5.74) is -1.75. The van der Waals surface area contributed by atoms with Gasteiger partial charge in [-0.1, -0.05) is 0 Å². The molecule has 2 unspecified atom stereocenters. The summed E-state index contributed by atoms with van der Waals surface area (Å²) in [4.78, 5) is 44.5. The number of aliphatic hydroxyl groups is 6. The quantitative estimate of drug-likeness (QED) is 0.124. The number of hydrogen-bond acceptors (Lipinski definition) is 15. The van der Waals surface area contributed by atoms with Crippen molar-refractivity contribution in [3.8, 4) is 0 Å². The fraction of sp³-hybridized carbons (Fsp3) is 0.733. The average molecular weight is 578 g/mol. The fourth-order valence-corrected chi connectivity index (χ4v) is 5.51. The molecule has 2 fully saturated rings. The first kappa shape index (κ1) is 29.2. The summed E-state index contributed by atoms with van der Waals surface area (Å²) in [7, 11) is -11.1. The van der Waals surface area contributed by atoms with Gasteiger partial charge in [-0.2, -0.15) is 4.31 Å². The molecule has 2 aliphatic rings. The van der Waals surface area contributed by atoms with Crippen molar-refractivity contribution in [1.82, 2.24) is 9.55 Å². The summed E-state index contributed by atoms with van der Waals surface area (Å²) in [6.07, 6.45) is -15.4. The van der Waals surface area contributed by atoms with Crippen molar-refractivity contribution in [2.75, 3.05) is 13.2 Å². The second kappa shape index (κ2) is 11.2. The molecular formula is C15H24N2O17P2. The first-order valence-corrected chi connectivity index (χ1v) is 13.0. The molecule has 0 spiro atoms. The van der Waals surface area contributed by atoms with Crippen molar-refractivity contribution in [3.63, 3.8) is 0 Å². The molecule has 0 saturated carbocycles. The Morgan fingerprint density at radius 2 is 1.75 bits per heavy atom. The standard InChI is InChI=1S/C15H24N2O17P2/c18-3-5-8(20)10(22)12(24)14(32-5)33-36(28,29)34-35(26,27)30-4-6-9(21)11(23)13(31-6)17-2-1-7(19)16-15(17)25/h1-2,5-6,8-14,18,20-24H,3-4H2,(H,26,27)(H,28,29)(H,16,19,25)/t5-,6-,8-,9-,10+,11-,12-,13-,14-/m1/s1/i3+2,5+2,8+2,10+2,12+2,14+2. The Labute approximate surface area is 199 Å².